The second-order valence-corrected chi connectivity index (χ2v) is 4.07. The summed E-state index contributed by atoms with van der Waals surface area (Å²) < 4.78 is 0. The Labute approximate surface area is 75.6 Å². The molecule has 12 heavy (non-hydrogen) atoms. The highest BCUT2D eigenvalue weighted by Crippen LogP contribution is 2.07. The minimum absolute atomic E-state index is 0.00496. The number of hydrogen-bond donors (Lipinski definition) is 1. The van der Waals surface area contributed by atoms with Crippen molar-refractivity contribution in [3.63, 3.8) is 0 Å². The molecule has 0 fully saturated rings. The highest BCUT2D eigenvalue weighted by atomic mass is 14.8. The molecule has 70 valence electrons. The average molecular weight is 168 g/mol. The maximum absolute atomic E-state index is 7.15. The first kappa shape index (κ1) is 11.3. The van der Waals surface area contributed by atoms with E-state index in [-0.39, 0.29) is 11.5 Å². The van der Waals surface area contributed by atoms with Crippen LogP contribution in [0, 0.1) is 11.3 Å². The summed E-state index contributed by atoms with van der Waals surface area (Å²) in [6, 6.07) is 0. The van der Waals surface area contributed by atoms with Gasteiger partial charge in [-0.15, -0.1) is 0 Å². The van der Waals surface area contributed by atoms with Gasteiger partial charge in [0.05, 0.1) is 5.54 Å². The van der Waals surface area contributed by atoms with E-state index in [9.17, 15) is 0 Å². The zero-order valence-electron chi connectivity index (χ0n) is 8.59. The van der Waals surface area contributed by atoms with Crippen molar-refractivity contribution < 1.29 is 0 Å². The number of hydrogen-bond acceptors (Lipinski definition) is 2. The Morgan fingerprint density at radius 2 is 2.00 bits per heavy atom. The third-order valence-corrected chi connectivity index (χ3v) is 1.49. The molecule has 0 bridgehead atoms. The third kappa shape index (κ3) is 6.08. The second-order valence-electron chi connectivity index (χ2n) is 4.07. The molecule has 1 unspecified atom stereocenters. The average Bonchev–Trinajstić information content (AvgIpc) is 1.96. The Morgan fingerprint density at radius 3 is 2.33 bits per heavy atom. The first-order valence-electron chi connectivity index (χ1n) is 4.55. The predicted molar refractivity (Wildman–Crippen MR) is 55.4 cm³/mol. The summed E-state index contributed by atoms with van der Waals surface area (Å²) in [6.45, 7) is 8.32. The topological polar surface area (TPSA) is 36.2 Å². The van der Waals surface area contributed by atoms with E-state index in [2.05, 4.69) is 32.7 Å². The molecule has 2 nitrogen and oxygen atoms in total. The molecule has 0 aromatic rings. The maximum atomic E-state index is 7.15. The van der Waals surface area contributed by atoms with Crippen molar-refractivity contribution in [1.82, 2.24) is 0 Å². The van der Waals surface area contributed by atoms with Crippen LogP contribution in [-0.2, 0) is 0 Å². The molecule has 0 heterocycles. The van der Waals surface area contributed by atoms with Crippen LogP contribution in [0.15, 0.2) is 4.99 Å². The quantitative estimate of drug-likeness (QED) is 0.627. The predicted octanol–water partition coefficient (Wildman–Crippen LogP) is 2.92. The molecule has 0 saturated heterocycles. The zero-order chi connectivity index (χ0) is 9.61. The van der Waals surface area contributed by atoms with Crippen molar-refractivity contribution in [2.24, 2.45) is 10.9 Å². The van der Waals surface area contributed by atoms with Gasteiger partial charge in [-0.1, -0.05) is 13.3 Å². The van der Waals surface area contributed by atoms with Gasteiger partial charge in [0.15, 0.2) is 0 Å². The Balaban J connectivity index is 4.01. The van der Waals surface area contributed by atoms with Gasteiger partial charge in [-0.2, -0.15) is 0 Å². The highest BCUT2D eigenvalue weighted by molar-refractivity contribution is 5.81. The summed E-state index contributed by atoms with van der Waals surface area (Å²) >= 11 is 0. The van der Waals surface area contributed by atoms with Gasteiger partial charge in [0.2, 0.25) is 0 Å². The Bertz CT molecular complexity index is 154. The van der Waals surface area contributed by atoms with Crippen molar-refractivity contribution in [3.05, 3.63) is 0 Å². The Hall–Kier alpha value is -0.660. The molecular weight excluding hydrogens is 148 g/mol. The van der Waals surface area contributed by atoms with Gasteiger partial charge in [-0.25, -0.2) is 0 Å². The van der Waals surface area contributed by atoms with E-state index in [1.54, 1.807) is 0 Å². The SMILES string of the molecule is CCCC(C=N)C=NC(C)(C)C. The lowest BCUT2D eigenvalue weighted by Crippen LogP contribution is -2.13. The molecule has 0 aliphatic carbocycles. The molecule has 0 saturated carbocycles. The van der Waals surface area contributed by atoms with E-state index in [1.165, 1.54) is 6.21 Å². The van der Waals surface area contributed by atoms with Crippen LogP contribution in [0.5, 0.6) is 0 Å². The lowest BCUT2D eigenvalue weighted by Gasteiger charge is -2.12. The van der Waals surface area contributed by atoms with Gasteiger partial charge < -0.3 is 5.41 Å². The molecule has 0 aromatic carbocycles. The van der Waals surface area contributed by atoms with Gasteiger partial charge in [0, 0.05) is 18.3 Å². The normalized spacial score (nSPS) is 15.0. The van der Waals surface area contributed by atoms with E-state index < -0.39 is 0 Å². The molecule has 0 spiro atoms. The van der Waals surface area contributed by atoms with Crippen molar-refractivity contribution in [2.45, 2.75) is 46.1 Å². The maximum Gasteiger partial charge on any atom is 0.0520 e. The lowest BCUT2D eigenvalue weighted by atomic mass is 10.1. The van der Waals surface area contributed by atoms with E-state index in [0.29, 0.717) is 0 Å². The minimum Gasteiger partial charge on any atom is -0.312 e. The first-order valence-corrected chi connectivity index (χ1v) is 4.55. The molecule has 2 heteroatoms. The largest absolute Gasteiger partial charge is 0.312 e. The summed E-state index contributed by atoms with van der Waals surface area (Å²) in [5, 5.41) is 7.15. The fourth-order valence-electron chi connectivity index (χ4n) is 0.854. The van der Waals surface area contributed by atoms with Crippen LogP contribution in [0.2, 0.25) is 0 Å². The van der Waals surface area contributed by atoms with E-state index >= 15 is 0 Å². The first-order chi connectivity index (χ1) is 5.49. The van der Waals surface area contributed by atoms with Crippen LogP contribution in [0.3, 0.4) is 0 Å². The van der Waals surface area contributed by atoms with Crippen molar-refractivity contribution >= 4 is 12.4 Å². The Kier molecular flexibility index (Phi) is 4.79. The van der Waals surface area contributed by atoms with E-state index in [1.807, 2.05) is 6.21 Å². The Morgan fingerprint density at radius 1 is 1.42 bits per heavy atom. The fraction of sp³-hybridized carbons (Fsp3) is 0.800. The summed E-state index contributed by atoms with van der Waals surface area (Å²) in [6.07, 6.45) is 5.51. The van der Waals surface area contributed by atoms with Gasteiger partial charge in [0.1, 0.15) is 0 Å². The fourth-order valence-corrected chi connectivity index (χ4v) is 0.854. The van der Waals surface area contributed by atoms with Gasteiger partial charge in [0.25, 0.3) is 0 Å². The second kappa shape index (κ2) is 5.07. The molecule has 0 amide bonds. The van der Waals surface area contributed by atoms with Gasteiger partial charge in [-0.3, -0.25) is 4.99 Å². The molecule has 0 radical (unpaired) electrons. The zero-order valence-corrected chi connectivity index (χ0v) is 8.59. The van der Waals surface area contributed by atoms with Gasteiger partial charge in [-0.05, 0) is 27.2 Å². The molecule has 0 rings (SSSR count). The summed E-state index contributed by atoms with van der Waals surface area (Å²) in [7, 11) is 0. The van der Waals surface area contributed by atoms with E-state index in [4.69, 9.17) is 5.41 Å². The van der Waals surface area contributed by atoms with Crippen LogP contribution in [0.25, 0.3) is 0 Å². The molecule has 0 aromatic heterocycles. The summed E-state index contributed by atoms with van der Waals surface area (Å²) in [5.41, 5.74) is -0.00496. The van der Waals surface area contributed by atoms with E-state index in [0.717, 1.165) is 12.8 Å². The molecule has 0 aliphatic heterocycles. The number of aliphatic imine (C=N–C) groups is 1. The van der Waals surface area contributed by atoms with Crippen LogP contribution in [0.1, 0.15) is 40.5 Å². The van der Waals surface area contributed by atoms with Gasteiger partial charge >= 0.3 is 0 Å². The molecule has 0 aliphatic rings. The summed E-state index contributed by atoms with van der Waals surface area (Å²) in [5.74, 6) is 0.231. The van der Waals surface area contributed by atoms with Crippen LogP contribution in [0.4, 0.5) is 0 Å². The summed E-state index contributed by atoms with van der Waals surface area (Å²) in [4.78, 5) is 4.37. The van der Waals surface area contributed by atoms with Crippen molar-refractivity contribution in [3.8, 4) is 0 Å². The monoisotopic (exact) mass is 168 g/mol. The number of nitrogens with one attached hydrogen (secondary N) is 1. The van der Waals surface area contributed by atoms with Crippen LogP contribution < -0.4 is 0 Å². The standard InChI is InChI=1S/C10H20N2/c1-5-6-9(7-11)8-12-10(2,3)4/h7-9,11H,5-6H2,1-4H3. The molecule has 1 N–H and O–H groups in total. The van der Waals surface area contributed by atoms with Crippen LogP contribution >= 0.6 is 0 Å². The smallest absolute Gasteiger partial charge is 0.0520 e. The highest BCUT2D eigenvalue weighted by Gasteiger charge is 2.06. The molecular formula is C10H20N2. The van der Waals surface area contributed by atoms with Crippen molar-refractivity contribution in [2.75, 3.05) is 0 Å². The molecule has 1 atom stereocenters. The van der Waals surface area contributed by atoms with Crippen LogP contribution in [-0.4, -0.2) is 18.0 Å². The number of rotatable bonds is 4. The third-order valence-electron chi connectivity index (χ3n) is 1.49. The lowest BCUT2D eigenvalue weighted by molar-refractivity contribution is 0.581. The van der Waals surface area contributed by atoms with Crippen molar-refractivity contribution in [1.29, 1.82) is 5.41 Å². The number of nitrogens with zero attached hydrogens (tertiary/aromatic N) is 1. The minimum atomic E-state index is -0.00496.